The first-order valence-electron chi connectivity index (χ1n) is 6.04. The summed E-state index contributed by atoms with van der Waals surface area (Å²) in [7, 11) is 1.26. The highest BCUT2D eigenvalue weighted by Gasteiger charge is 2.16. The van der Waals surface area contributed by atoms with Gasteiger partial charge in [-0.15, -0.1) is 0 Å². The zero-order valence-electron chi connectivity index (χ0n) is 11.2. The number of benzene rings is 1. The molecule has 0 fully saturated rings. The lowest BCUT2D eigenvalue weighted by molar-refractivity contribution is -0.386. The van der Waals surface area contributed by atoms with Crippen molar-refractivity contribution in [2.75, 3.05) is 7.11 Å². The summed E-state index contributed by atoms with van der Waals surface area (Å²) in [5, 5.41) is 10.8. The number of hydrogen-bond acceptors (Lipinski definition) is 5. The van der Waals surface area contributed by atoms with Crippen LogP contribution >= 0.6 is 0 Å². The number of hydrogen-bond donors (Lipinski definition) is 0. The lowest BCUT2D eigenvalue weighted by atomic mass is 10.1. The van der Waals surface area contributed by atoms with Crippen molar-refractivity contribution in [2.24, 2.45) is 0 Å². The van der Waals surface area contributed by atoms with Crippen LogP contribution in [-0.2, 0) is 11.3 Å². The van der Waals surface area contributed by atoms with Crippen LogP contribution in [-0.4, -0.2) is 22.6 Å². The van der Waals surface area contributed by atoms with E-state index >= 15 is 0 Å². The Balaban J connectivity index is 2.45. The van der Waals surface area contributed by atoms with Crippen LogP contribution in [0, 0.1) is 10.1 Å². The molecule has 0 aliphatic carbocycles. The normalized spacial score (nSPS) is 10.1. The number of aromatic nitrogens is 1. The number of nitro groups is 1. The fourth-order valence-electron chi connectivity index (χ4n) is 1.94. The fraction of sp³-hybridized carbons (Fsp3) is 0.143. The van der Waals surface area contributed by atoms with E-state index in [4.69, 9.17) is 0 Å². The van der Waals surface area contributed by atoms with Crippen molar-refractivity contribution in [2.45, 2.75) is 6.54 Å². The Morgan fingerprint density at radius 3 is 2.67 bits per heavy atom. The van der Waals surface area contributed by atoms with Crippen molar-refractivity contribution in [1.29, 1.82) is 0 Å². The second-order valence-corrected chi connectivity index (χ2v) is 4.23. The summed E-state index contributed by atoms with van der Waals surface area (Å²) in [6.45, 7) is 0.0474. The topological polar surface area (TPSA) is 91.4 Å². The van der Waals surface area contributed by atoms with Gasteiger partial charge in [-0.3, -0.25) is 14.9 Å². The van der Waals surface area contributed by atoms with Gasteiger partial charge in [0.15, 0.2) is 0 Å². The standard InChI is InChI=1S/C14H12N2O5/c1-21-14(18)11-6-3-2-5-10(11)9-15-8-4-7-12(13(15)17)16(19)20/h2-8H,9H2,1H3. The highest BCUT2D eigenvalue weighted by molar-refractivity contribution is 5.90. The lowest BCUT2D eigenvalue weighted by Gasteiger charge is -2.09. The molecule has 0 unspecified atom stereocenters. The van der Waals surface area contributed by atoms with Gasteiger partial charge in [-0.05, 0) is 17.7 Å². The Morgan fingerprint density at radius 1 is 1.29 bits per heavy atom. The van der Waals surface area contributed by atoms with Gasteiger partial charge in [0.1, 0.15) is 0 Å². The molecule has 0 radical (unpaired) electrons. The number of methoxy groups -OCH3 is 1. The molecule has 7 heteroatoms. The van der Waals surface area contributed by atoms with E-state index < -0.39 is 22.1 Å². The Labute approximate surface area is 119 Å². The predicted octanol–water partition coefficient (Wildman–Crippen LogP) is 1.59. The summed E-state index contributed by atoms with van der Waals surface area (Å²) in [5.74, 6) is -0.524. The van der Waals surface area contributed by atoms with E-state index in [1.807, 2.05) is 0 Å². The van der Waals surface area contributed by atoms with Crippen molar-refractivity contribution in [3.8, 4) is 0 Å². The van der Waals surface area contributed by atoms with Gasteiger partial charge in [-0.25, -0.2) is 4.79 Å². The molecule has 1 heterocycles. The third-order valence-corrected chi connectivity index (χ3v) is 2.96. The third kappa shape index (κ3) is 2.97. The van der Waals surface area contributed by atoms with Crippen molar-refractivity contribution in [3.63, 3.8) is 0 Å². The summed E-state index contributed by atoms with van der Waals surface area (Å²) in [6.07, 6.45) is 1.43. The minimum absolute atomic E-state index is 0.0474. The summed E-state index contributed by atoms with van der Waals surface area (Å²) in [4.78, 5) is 33.7. The van der Waals surface area contributed by atoms with Crippen LogP contribution in [0.5, 0.6) is 0 Å². The minimum atomic E-state index is -0.731. The molecule has 0 aliphatic rings. The first kappa shape index (κ1) is 14.4. The highest BCUT2D eigenvalue weighted by Crippen LogP contribution is 2.12. The summed E-state index contributed by atoms with van der Waals surface area (Å²) >= 11 is 0. The average molecular weight is 288 g/mol. The largest absolute Gasteiger partial charge is 0.465 e. The van der Waals surface area contributed by atoms with Gasteiger partial charge in [0.25, 0.3) is 0 Å². The van der Waals surface area contributed by atoms with Crippen molar-refractivity contribution >= 4 is 11.7 Å². The molecule has 0 atom stereocenters. The molecule has 0 amide bonds. The summed E-state index contributed by atoms with van der Waals surface area (Å²) in [6, 6.07) is 9.18. The Kier molecular flexibility index (Phi) is 4.13. The van der Waals surface area contributed by atoms with Crippen molar-refractivity contribution in [1.82, 2.24) is 4.57 Å². The molecular weight excluding hydrogens is 276 g/mol. The van der Waals surface area contributed by atoms with Crippen LogP contribution in [0.4, 0.5) is 5.69 Å². The van der Waals surface area contributed by atoms with E-state index in [1.165, 1.54) is 23.9 Å². The number of carbonyl (C=O) groups excluding carboxylic acids is 1. The molecule has 108 valence electrons. The van der Waals surface area contributed by atoms with Gasteiger partial charge in [0, 0.05) is 12.3 Å². The van der Waals surface area contributed by atoms with Crippen LogP contribution in [0.1, 0.15) is 15.9 Å². The van der Waals surface area contributed by atoms with Crippen LogP contribution in [0.15, 0.2) is 47.4 Å². The number of esters is 1. The molecule has 0 saturated carbocycles. The zero-order valence-corrected chi connectivity index (χ0v) is 11.2. The van der Waals surface area contributed by atoms with E-state index in [1.54, 1.807) is 24.3 Å². The fourth-order valence-corrected chi connectivity index (χ4v) is 1.94. The number of ether oxygens (including phenoxy) is 1. The minimum Gasteiger partial charge on any atom is -0.465 e. The van der Waals surface area contributed by atoms with Crippen LogP contribution < -0.4 is 5.56 Å². The van der Waals surface area contributed by atoms with E-state index in [0.29, 0.717) is 11.1 Å². The summed E-state index contributed by atoms with van der Waals surface area (Å²) in [5.41, 5.74) is -0.361. The second-order valence-electron chi connectivity index (χ2n) is 4.23. The number of pyridine rings is 1. The monoisotopic (exact) mass is 288 g/mol. The van der Waals surface area contributed by atoms with E-state index in [-0.39, 0.29) is 6.54 Å². The molecule has 0 bridgehead atoms. The predicted molar refractivity (Wildman–Crippen MR) is 74.2 cm³/mol. The van der Waals surface area contributed by atoms with Crippen molar-refractivity contribution in [3.05, 3.63) is 74.2 Å². The Hall–Kier alpha value is -2.96. The SMILES string of the molecule is COC(=O)c1ccccc1Cn1cccc([N+](=O)[O-])c1=O. The van der Waals surface area contributed by atoms with Gasteiger partial charge in [-0.1, -0.05) is 18.2 Å². The van der Waals surface area contributed by atoms with Crippen LogP contribution in [0.2, 0.25) is 0 Å². The first-order chi connectivity index (χ1) is 10.0. The number of carbonyl (C=O) groups is 1. The van der Waals surface area contributed by atoms with Crippen molar-refractivity contribution < 1.29 is 14.5 Å². The smallest absolute Gasteiger partial charge is 0.338 e. The molecule has 1 aromatic carbocycles. The maximum atomic E-state index is 12.0. The molecule has 0 spiro atoms. The Bertz CT molecular complexity index is 751. The highest BCUT2D eigenvalue weighted by atomic mass is 16.6. The lowest BCUT2D eigenvalue weighted by Crippen LogP contribution is -2.23. The van der Waals surface area contributed by atoms with Gasteiger partial charge in [-0.2, -0.15) is 0 Å². The number of rotatable bonds is 4. The second kappa shape index (κ2) is 6.00. The average Bonchev–Trinajstić information content (AvgIpc) is 2.49. The van der Waals surface area contributed by atoms with Crippen LogP contribution in [0.25, 0.3) is 0 Å². The van der Waals surface area contributed by atoms with E-state index in [9.17, 15) is 19.7 Å². The van der Waals surface area contributed by atoms with E-state index in [2.05, 4.69) is 4.74 Å². The molecule has 7 nitrogen and oxygen atoms in total. The van der Waals surface area contributed by atoms with Gasteiger partial charge >= 0.3 is 17.2 Å². The quantitative estimate of drug-likeness (QED) is 0.484. The molecule has 21 heavy (non-hydrogen) atoms. The Morgan fingerprint density at radius 2 is 2.00 bits per heavy atom. The van der Waals surface area contributed by atoms with Gasteiger partial charge in [0.2, 0.25) is 0 Å². The van der Waals surface area contributed by atoms with Gasteiger partial charge in [0.05, 0.1) is 24.1 Å². The molecule has 1 aromatic heterocycles. The molecular formula is C14H12N2O5. The summed E-state index contributed by atoms with van der Waals surface area (Å²) < 4.78 is 5.85. The third-order valence-electron chi connectivity index (χ3n) is 2.96. The molecule has 0 aliphatic heterocycles. The van der Waals surface area contributed by atoms with E-state index in [0.717, 1.165) is 6.07 Å². The zero-order chi connectivity index (χ0) is 15.4. The maximum Gasteiger partial charge on any atom is 0.338 e. The maximum absolute atomic E-state index is 12.0. The molecule has 2 rings (SSSR count). The molecule has 0 saturated heterocycles. The van der Waals surface area contributed by atoms with Gasteiger partial charge < -0.3 is 9.30 Å². The molecule has 0 N–H and O–H groups in total. The van der Waals surface area contributed by atoms with Crippen LogP contribution in [0.3, 0.4) is 0 Å². The number of nitrogens with zero attached hydrogens (tertiary/aromatic N) is 2. The molecule has 2 aromatic rings. The first-order valence-corrected chi connectivity index (χ1v) is 6.04.